The number of ether oxygens (including phenoxy) is 1. The lowest BCUT2D eigenvalue weighted by Gasteiger charge is -2.42. The van der Waals surface area contributed by atoms with E-state index in [1.165, 1.54) is 0 Å². The number of aliphatic hydroxyl groups is 1. The summed E-state index contributed by atoms with van der Waals surface area (Å²) in [6.07, 6.45) is 1.34. The monoisotopic (exact) mass is 540 g/mol. The topological polar surface area (TPSA) is 55.8 Å². The van der Waals surface area contributed by atoms with Crippen LogP contribution in [0.4, 0.5) is 0 Å². The number of Topliss-reactive ketones (excluding diaryl/α,β-unsaturated/α-hetero) is 1. The number of rotatable bonds is 14. The van der Waals surface area contributed by atoms with Crippen molar-refractivity contribution < 1.29 is 19.1 Å². The van der Waals surface area contributed by atoms with Crippen molar-refractivity contribution in [2.45, 2.75) is 97.6 Å². The summed E-state index contributed by atoms with van der Waals surface area (Å²) in [7, 11) is -0.244. The number of hydrogen-bond acceptors (Lipinski definition) is 4. The van der Waals surface area contributed by atoms with Crippen LogP contribution >= 0.6 is 22.6 Å². The van der Waals surface area contributed by atoms with Gasteiger partial charge in [0.1, 0.15) is 5.78 Å². The Bertz CT molecular complexity index is 497. The zero-order valence-electron chi connectivity index (χ0n) is 20.3. The first kappa shape index (κ1) is 29.2. The van der Waals surface area contributed by atoms with Crippen LogP contribution in [0.15, 0.2) is 11.6 Å². The second kappa shape index (κ2) is 13.6. The van der Waals surface area contributed by atoms with Gasteiger partial charge in [0.2, 0.25) is 8.32 Å². The van der Waals surface area contributed by atoms with E-state index >= 15 is 0 Å². The van der Waals surface area contributed by atoms with Gasteiger partial charge < -0.3 is 14.3 Å². The van der Waals surface area contributed by atoms with E-state index in [0.29, 0.717) is 23.2 Å². The van der Waals surface area contributed by atoms with E-state index < -0.39 is 14.4 Å². The molecule has 0 aliphatic carbocycles. The molecule has 0 aliphatic heterocycles. The second-order valence-corrected chi connectivity index (χ2v) is 15.7. The Morgan fingerprint density at radius 1 is 1.03 bits per heavy atom. The molecule has 172 valence electrons. The summed E-state index contributed by atoms with van der Waals surface area (Å²) in [6, 6.07) is 0. The molecule has 0 amide bonds. The zero-order valence-corrected chi connectivity index (χ0v) is 23.4. The van der Waals surface area contributed by atoms with Gasteiger partial charge in [-0.3, -0.25) is 4.79 Å². The molecule has 0 saturated heterocycles. The zero-order chi connectivity index (χ0) is 22.9. The number of alkyl halides is 1. The Labute approximate surface area is 194 Å². The molecule has 4 atom stereocenters. The quantitative estimate of drug-likeness (QED) is 0.124. The Kier molecular flexibility index (Phi) is 13.7. The molecular weight excluding hydrogens is 495 g/mol. The van der Waals surface area contributed by atoms with Crippen LogP contribution in [-0.2, 0) is 14.0 Å². The molecule has 0 aromatic heterocycles. The fourth-order valence-electron chi connectivity index (χ4n) is 4.63. The number of hydrogen-bond donors (Lipinski definition) is 1. The molecule has 0 bridgehead atoms. The highest BCUT2D eigenvalue weighted by molar-refractivity contribution is 14.1. The largest absolute Gasteiger partial charge is 0.412 e. The molecule has 0 saturated carbocycles. The van der Waals surface area contributed by atoms with Crippen LogP contribution in [0.5, 0.6) is 0 Å². The molecule has 0 rings (SSSR count). The van der Waals surface area contributed by atoms with Crippen molar-refractivity contribution in [1.82, 2.24) is 0 Å². The van der Waals surface area contributed by atoms with Crippen molar-refractivity contribution in [3.05, 3.63) is 11.6 Å². The number of methoxy groups -OCH3 is 1. The number of aliphatic hydroxyl groups excluding tert-OH is 1. The highest BCUT2D eigenvalue weighted by Crippen LogP contribution is 2.42. The summed E-state index contributed by atoms with van der Waals surface area (Å²) in [5.74, 6) is -0.0753. The molecular formula is C23H45IO4Si. The van der Waals surface area contributed by atoms with Gasteiger partial charge in [0.05, 0.1) is 18.8 Å². The normalized spacial score (nSPS) is 17.7. The number of halogens is 1. The van der Waals surface area contributed by atoms with Crippen LogP contribution in [0.3, 0.4) is 0 Å². The molecule has 0 radical (unpaired) electrons. The van der Waals surface area contributed by atoms with Crippen LogP contribution in [0.25, 0.3) is 0 Å². The molecule has 29 heavy (non-hydrogen) atoms. The predicted molar refractivity (Wildman–Crippen MR) is 134 cm³/mol. The van der Waals surface area contributed by atoms with Crippen LogP contribution in [0, 0.1) is 11.8 Å². The third-order valence-electron chi connectivity index (χ3n) is 6.42. The molecule has 0 aromatic carbocycles. The lowest BCUT2D eigenvalue weighted by atomic mass is 9.88. The molecule has 0 heterocycles. The molecule has 0 spiro atoms. The molecule has 1 unspecified atom stereocenters. The van der Waals surface area contributed by atoms with Gasteiger partial charge in [-0.25, -0.2) is 0 Å². The van der Waals surface area contributed by atoms with Crippen molar-refractivity contribution in [2.24, 2.45) is 11.8 Å². The Morgan fingerprint density at radius 2 is 1.52 bits per heavy atom. The van der Waals surface area contributed by atoms with Gasteiger partial charge >= 0.3 is 0 Å². The lowest BCUT2D eigenvalue weighted by molar-refractivity contribution is -0.125. The fourth-order valence-corrected chi connectivity index (χ4v) is 10.5. The van der Waals surface area contributed by atoms with Gasteiger partial charge in [-0.05, 0) is 29.1 Å². The minimum atomic E-state index is -1.91. The molecule has 0 aromatic rings. The van der Waals surface area contributed by atoms with Gasteiger partial charge in [-0.2, -0.15) is 0 Å². The average molecular weight is 541 g/mol. The molecule has 1 N–H and O–H groups in total. The summed E-state index contributed by atoms with van der Waals surface area (Å²) in [5.41, 5.74) is 2.68. The maximum absolute atomic E-state index is 12.2. The van der Waals surface area contributed by atoms with Gasteiger partial charge in [0.25, 0.3) is 0 Å². The van der Waals surface area contributed by atoms with Gasteiger partial charge in [-0.15, -0.1) is 0 Å². The van der Waals surface area contributed by atoms with E-state index in [4.69, 9.17) is 9.16 Å². The lowest BCUT2D eigenvalue weighted by Crippen LogP contribution is -2.47. The SMILES string of the molecule is CO[C@@H](/C(C)=C/CO[Si](C(C)C)(C(C)C)C(C)C)[C@@H](C)[C@@H](O)CC(=O)C(C)CI. The van der Waals surface area contributed by atoms with Crippen LogP contribution < -0.4 is 0 Å². The first-order chi connectivity index (χ1) is 13.4. The summed E-state index contributed by atoms with van der Waals surface area (Å²) < 4.78 is 13.1. The summed E-state index contributed by atoms with van der Waals surface area (Å²) in [4.78, 5) is 12.2. The van der Waals surface area contributed by atoms with E-state index in [2.05, 4.69) is 70.2 Å². The standard InChI is InChI=1S/C23H45IO4Si/c1-15(2)29(16(3)4,17(5)6)28-12-11-18(7)23(27-10)20(9)22(26)13-21(25)19(8)14-24/h11,15-17,19-20,22-23,26H,12-14H2,1-10H3/b18-11+/t19?,20-,22-,23-/m0/s1. The number of ketones is 1. The second-order valence-electron chi connectivity index (χ2n) is 9.39. The predicted octanol–water partition coefficient (Wildman–Crippen LogP) is 6.17. The van der Waals surface area contributed by atoms with Gasteiger partial charge in [0, 0.05) is 29.8 Å². The van der Waals surface area contributed by atoms with Crippen molar-refractivity contribution in [2.75, 3.05) is 18.1 Å². The van der Waals surface area contributed by atoms with Crippen LogP contribution in [0.1, 0.15) is 68.7 Å². The third kappa shape index (κ3) is 8.02. The molecule has 4 nitrogen and oxygen atoms in total. The Morgan fingerprint density at radius 3 is 1.90 bits per heavy atom. The summed E-state index contributed by atoms with van der Waals surface area (Å²) in [6.45, 7) is 20.2. The summed E-state index contributed by atoms with van der Waals surface area (Å²) in [5, 5.41) is 10.6. The number of carbonyl (C=O) groups excluding carboxylic acids is 1. The smallest absolute Gasteiger partial charge is 0.200 e. The average Bonchev–Trinajstić information content (AvgIpc) is 2.63. The van der Waals surface area contributed by atoms with E-state index in [0.717, 1.165) is 10.0 Å². The Hall–Kier alpha value is 0.237. The number of carbonyl (C=O) groups is 1. The van der Waals surface area contributed by atoms with Crippen molar-refractivity contribution in [1.29, 1.82) is 0 Å². The minimum Gasteiger partial charge on any atom is -0.412 e. The van der Waals surface area contributed by atoms with Crippen LogP contribution in [0.2, 0.25) is 16.6 Å². The molecule has 6 heteroatoms. The fraction of sp³-hybridized carbons (Fsp3) is 0.870. The highest BCUT2D eigenvalue weighted by Gasteiger charge is 2.44. The maximum Gasteiger partial charge on any atom is 0.200 e. The maximum atomic E-state index is 12.2. The highest BCUT2D eigenvalue weighted by atomic mass is 127. The van der Waals surface area contributed by atoms with Crippen LogP contribution in [-0.4, -0.2) is 49.6 Å². The third-order valence-corrected chi connectivity index (χ3v) is 13.8. The van der Waals surface area contributed by atoms with Crippen molar-refractivity contribution >= 4 is 36.7 Å². The van der Waals surface area contributed by atoms with E-state index in [-0.39, 0.29) is 30.1 Å². The van der Waals surface area contributed by atoms with Gasteiger partial charge in [0.15, 0.2) is 0 Å². The Balaban J connectivity index is 5.22. The minimum absolute atomic E-state index is 0.0235. The van der Waals surface area contributed by atoms with E-state index in [9.17, 15) is 9.90 Å². The molecule has 0 aliphatic rings. The van der Waals surface area contributed by atoms with Crippen molar-refractivity contribution in [3.8, 4) is 0 Å². The summed E-state index contributed by atoms with van der Waals surface area (Å²) >= 11 is 2.21. The van der Waals surface area contributed by atoms with E-state index in [1.807, 2.05) is 20.8 Å². The first-order valence-electron chi connectivity index (χ1n) is 11.0. The molecule has 0 fully saturated rings. The van der Waals surface area contributed by atoms with Gasteiger partial charge in [-0.1, -0.05) is 84.1 Å². The first-order valence-corrected chi connectivity index (χ1v) is 14.6. The van der Waals surface area contributed by atoms with E-state index in [1.54, 1.807) is 7.11 Å². The van der Waals surface area contributed by atoms with Crippen molar-refractivity contribution in [3.63, 3.8) is 0 Å².